The molecule has 1 aromatic carbocycles. The van der Waals surface area contributed by atoms with Crippen molar-refractivity contribution < 1.29 is 18.3 Å². The van der Waals surface area contributed by atoms with Crippen molar-refractivity contribution >= 4 is 37.8 Å². The molecule has 0 atom stereocenters. The van der Waals surface area contributed by atoms with E-state index in [1.165, 1.54) is 24.4 Å². The lowest BCUT2D eigenvalue weighted by Crippen LogP contribution is -2.25. The van der Waals surface area contributed by atoms with Crippen molar-refractivity contribution in [3.63, 3.8) is 0 Å². The van der Waals surface area contributed by atoms with E-state index in [9.17, 15) is 23.1 Å². The lowest BCUT2D eigenvalue weighted by molar-refractivity contribution is 0.0699. The van der Waals surface area contributed by atoms with Crippen molar-refractivity contribution in [2.24, 2.45) is 5.73 Å². The van der Waals surface area contributed by atoms with Crippen LogP contribution in [0.2, 0.25) is 0 Å². The minimum Gasteiger partial charge on any atom is -0.478 e. The number of unbranched alkanes of at least 4 members (excludes halogenated alkanes) is 1. The number of rotatable bonds is 7. The number of H-pyrrole nitrogens is 2. The smallest absolute Gasteiger partial charge is 0.337 e. The summed E-state index contributed by atoms with van der Waals surface area (Å²) in [5.41, 5.74) is 5.25. The molecule has 0 aliphatic heterocycles. The number of carbonyl (C=O) groups is 1. The van der Waals surface area contributed by atoms with Crippen LogP contribution >= 0.6 is 0 Å². The highest BCUT2D eigenvalue weighted by molar-refractivity contribution is 7.89. The summed E-state index contributed by atoms with van der Waals surface area (Å²) in [7, 11) is -3.77. The summed E-state index contributed by atoms with van der Waals surface area (Å²) < 4.78 is 27.4. The molecule has 0 bridgehead atoms. The predicted octanol–water partition coefficient (Wildman–Crippen LogP) is 0.725. The second kappa shape index (κ2) is 6.90. The highest BCUT2D eigenvalue weighted by Gasteiger charge is 2.19. The van der Waals surface area contributed by atoms with E-state index < -0.39 is 21.6 Å². The van der Waals surface area contributed by atoms with Gasteiger partial charge in [0.25, 0.3) is 5.56 Å². The Morgan fingerprint density at radius 1 is 1.27 bits per heavy atom. The van der Waals surface area contributed by atoms with Gasteiger partial charge >= 0.3 is 5.97 Å². The zero-order valence-corrected chi connectivity index (χ0v) is 14.5. The number of aromatic amines is 2. The van der Waals surface area contributed by atoms with Gasteiger partial charge in [-0.1, -0.05) is 0 Å². The number of hydrogen-bond donors (Lipinski definition) is 5. The van der Waals surface area contributed by atoms with Crippen LogP contribution in [-0.2, 0) is 10.0 Å². The number of carboxylic acid groups (broad SMARTS) is 1. The fourth-order valence-electron chi connectivity index (χ4n) is 2.80. The normalized spacial score (nSPS) is 12.0. The first-order valence-electron chi connectivity index (χ1n) is 7.95. The van der Waals surface area contributed by atoms with E-state index in [4.69, 9.17) is 5.73 Å². The first-order chi connectivity index (χ1) is 12.3. The quantitative estimate of drug-likeness (QED) is 0.381. The van der Waals surface area contributed by atoms with Gasteiger partial charge in [-0.25, -0.2) is 17.9 Å². The van der Waals surface area contributed by atoms with Gasteiger partial charge in [0.05, 0.1) is 10.5 Å². The van der Waals surface area contributed by atoms with Gasteiger partial charge < -0.3 is 20.8 Å². The number of aromatic carboxylic acids is 1. The number of sulfonamides is 1. The average Bonchev–Trinajstić information content (AvgIpc) is 3.05. The molecule has 0 saturated heterocycles. The van der Waals surface area contributed by atoms with Crippen molar-refractivity contribution in [2.75, 3.05) is 13.1 Å². The van der Waals surface area contributed by atoms with Crippen molar-refractivity contribution in [1.29, 1.82) is 0 Å². The van der Waals surface area contributed by atoms with Crippen molar-refractivity contribution in [2.45, 2.75) is 17.7 Å². The average molecular weight is 378 g/mol. The lowest BCUT2D eigenvalue weighted by Gasteiger charge is -2.08. The third kappa shape index (κ3) is 3.21. The molecule has 0 spiro atoms. The molecular weight excluding hydrogens is 360 g/mol. The maximum Gasteiger partial charge on any atom is 0.337 e. The Labute approximate surface area is 148 Å². The molecule has 0 saturated carbocycles. The SMILES string of the molecule is NCCCCNS(=O)(=O)c1ccc2[nH]c(=O)c3[nH]cc(C(=O)O)c3c2c1. The lowest BCUT2D eigenvalue weighted by atomic mass is 10.1. The third-order valence-corrected chi connectivity index (χ3v) is 5.54. The molecule has 0 amide bonds. The van der Waals surface area contributed by atoms with Crippen LogP contribution in [0.5, 0.6) is 0 Å². The van der Waals surface area contributed by atoms with Gasteiger partial charge in [-0.3, -0.25) is 4.79 Å². The van der Waals surface area contributed by atoms with Crippen LogP contribution < -0.4 is 16.0 Å². The second-order valence-electron chi connectivity index (χ2n) is 5.81. The summed E-state index contributed by atoms with van der Waals surface area (Å²) in [6.45, 7) is 0.734. The van der Waals surface area contributed by atoms with Gasteiger partial charge in [-0.15, -0.1) is 0 Å². The monoisotopic (exact) mass is 378 g/mol. The Balaban J connectivity index is 2.14. The Hall–Kier alpha value is -2.69. The molecule has 10 heteroatoms. The molecule has 2 aromatic heterocycles. The maximum absolute atomic E-state index is 12.5. The number of nitrogens with two attached hydrogens (primary N) is 1. The topological polar surface area (TPSA) is 158 Å². The van der Waals surface area contributed by atoms with Crippen LogP contribution in [0.25, 0.3) is 21.8 Å². The van der Waals surface area contributed by atoms with E-state index in [-0.39, 0.29) is 27.9 Å². The molecule has 0 unspecified atom stereocenters. The van der Waals surface area contributed by atoms with E-state index >= 15 is 0 Å². The van der Waals surface area contributed by atoms with E-state index in [1.807, 2.05) is 0 Å². The van der Waals surface area contributed by atoms with Crippen LogP contribution in [0.1, 0.15) is 23.2 Å². The fraction of sp³-hybridized carbons (Fsp3) is 0.250. The molecule has 26 heavy (non-hydrogen) atoms. The van der Waals surface area contributed by atoms with Gasteiger partial charge in [0.1, 0.15) is 5.52 Å². The molecule has 3 rings (SSSR count). The molecule has 2 heterocycles. The third-order valence-electron chi connectivity index (χ3n) is 4.08. The Bertz CT molecular complexity index is 1150. The minimum atomic E-state index is -3.77. The fourth-order valence-corrected chi connectivity index (χ4v) is 3.90. The van der Waals surface area contributed by atoms with Gasteiger partial charge in [-0.2, -0.15) is 0 Å². The number of benzene rings is 1. The van der Waals surface area contributed by atoms with Crippen LogP contribution in [0.15, 0.2) is 34.1 Å². The molecule has 0 radical (unpaired) electrons. The molecule has 0 aliphatic rings. The van der Waals surface area contributed by atoms with Crippen LogP contribution in [0.3, 0.4) is 0 Å². The number of nitrogens with one attached hydrogen (secondary N) is 3. The van der Waals surface area contributed by atoms with Gasteiger partial charge in [0.15, 0.2) is 0 Å². The molecule has 0 fully saturated rings. The summed E-state index contributed by atoms with van der Waals surface area (Å²) in [6.07, 6.45) is 2.53. The Kier molecular flexibility index (Phi) is 4.81. The zero-order chi connectivity index (χ0) is 18.9. The standard InChI is InChI=1S/C16H18N4O5S/c17-5-1-2-6-19-26(24,25)9-3-4-12-10(7-9)13-11(16(22)23)8-18-14(13)15(21)20-12/h3-4,7-8,18-19H,1-2,5-6,17H2,(H,20,21)(H,22,23). The second-order valence-corrected chi connectivity index (χ2v) is 7.58. The first kappa shape index (κ1) is 18.1. The van der Waals surface area contributed by atoms with E-state index in [2.05, 4.69) is 14.7 Å². The summed E-state index contributed by atoms with van der Waals surface area (Å²) in [4.78, 5) is 28.8. The van der Waals surface area contributed by atoms with Crippen molar-refractivity contribution in [1.82, 2.24) is 14.7 Å². The van der Waals surface area contributed by atoms with Gasteiger partial charge in [0, 0.05) is 29.0 Å². The zero-order valence-electron chi connectivity index (χ0n) is 13.7. The number of hydrogen-bond acceptors (Lipinski definition) is 5. The van der Waals surface area contributed by atoms with Gasteiger partial charge in [-0.05, 0) is 37.6 Å². The first-order valence-corrected chi connectivity index (χ1v) is 9.43. The Morgan fingerprint density at radius 2 is 2.04 bits per heavy atom. The predicted molar refractivity (Wildman–Crippen MR) is 96.9 cm³/mol. The van der Waals surface area contributed by atoms with E-state index in [0.29, 0.717) is 30.3 Å². The van der Waals surface area contributed by atoms with Crippen LogP contribution in [0, 0.1) is 0 Å². The van der Waals surface area contributed by atoms with Crippen LogP contribution in [0.4, 0.5) is 0 Å². The maximum atomic E-state index is 12.5. The molecule has 0 aliphatic carbocycles. The molecule has 9 nitrogen and oxygen atoms in total. The molecule has 6 N–H and O–H groups in total. The largest absolute Gasteiger partial charge is 0.478 e. The summed E-state index contributed by atoms with van der Waals surface area (Å²) >= 11 is 0. The van der Waals surface area contributed by atoms with E-state index in [0.717, 1.165) is 0 Å². The highest BCUT2D eigenvalue weighted by atomic mass is 32.2. The number of aromatic nitrogens is 2. The van der Waals surface area contributed by atoms with E-state index in [1.54, 1.807) is 0 Å². The Morgan fingerprint density at radius 3 is 2.73 bits per heavy atom. The molecule has 3 aromatic rings. The summed E-state index contributed by atoms with van der Waals surface area (Å²) in [5, 5.41) is 9.86. The van der Waals surface area contributed by atoms with Gasteiger partial charge in [0.2, 0.25) is 10.0 Å². The summed E-state index contributed by atoms with van der Waals surface area (Å²) in [5.74, 6) is -1.21. The van der Waals surface area contributed by atoms with Crippen molar-refractivity contribution in [3.8, 4) is 0 Å². The molecular formula is C16H18N4O5S. The van der Waals surface area contributed by atoms with Crippen molar-refractivity contribution in [3.05, 3.63) is 40.3 Å². The highest BCUT2D eigenvalue weighted by Crippen LogP contribution is 2.27. The number of pyridine rings is 1. The summed E-state index contributed by atoms with van der Waals surface area (Å²) in [6, 6.07) is 4.17. The van der Waals surface area contributed by atoms with Crippen LogP contribution in [-0.4, -0.2) is 42.6 Å². The molecule has 138 valence electrons. The number of carboxylic acids is 1. The minimum absolute atomic E-state index is 0.0105. The number of fused-ring (bicyclic) bond motifs is 3.